The number of nitro benzene ring substituents is 1. The summed E-state index contributed by atoms with van der Waals surface area (Å²) in [4.78, 5) is 33.1. The van der Waals surface area contributed by atoms with Crippen molar-refractivity contribution in [1.29, 1.82) is 0 Å². The van der Waals surface area contributed by atoms with Gasteiger partial charge in [-0.15, -0.1) is 0 Å². The van der Waals surface area contributed by atoms with Crippen molar-refractivity contribution < 1.29 is 19.2 Å². The Morgan fingerprint density at radius 1 is 1.43 bits per heavy atom. The summed E-state index contributed by atoms with van der Waals surface area (Å²) in [6.45, 7) is 3.92. The molecule has 0 radical (unpaired) electrons. The second-order valence-corrected chi connectivity index (χ2v) is 4.80. The fraction of sp³-hybridized carbons (Fsp3) is 0.385. The number of hydrogen-bond acceptors (Lipinski definition) is 6. The molecule has 0 aliphatic rings. The molecule has 0 aliphatic heterocycles. The summed E-state index contributed by atoms with van der Waals surface area (Å²) < 4.78 is 4.80. The lowest BCUT2D eigenvalue weighted by molar-refractivity contribution is -0.384. The molecule has 0 heterocycles. The van der Waals surface area contributed by atoms with Crippen LogP contribution in [0.2, 0.25) is 0 Å². The minimum Gasteiger partial charge on any atom is -0.452 e. The molecule has 8 nitrogen and oxygen atoms in total. The van der Waals surface area contributed by atoms with Crippen LogP contribution in [0.15, 0.2) is 18.2 Å². The van der Waals surface area contributed by atoms with Gasteiger partial charge in [0, 0.05) is 18.7 Å². The fourth-order valence-corrected chi connectivity index (χ4v) is 1.43. The zero-order valence-corrected chi connectivity index (χ0v) is 11.8. The molecular weight excluding hydrogens is 278 g/mol. The third-order valence-corrected chi connectivity index (χ3v) is 2.51. The summed E-state index contributed by atoms with van der Waals surface area (Å²) in [7, 11) is 0. The van der Waals surface area contributed by atoms with E-state index in [-0.39, 0.29) is 22.9 Å². The Balaban J connectivity index is 2.60. The topological polar surface area (TPSA) is 125 Å². The molecule has 0 saturated carbocycles. The summed E-state index contributed by atoms with van der Waals surface area (Å²) in [5, 5.41) is 13.1. The number of esters is 1. The number of carbonyl (C=O) groups excluding carboxylic acids is 2. The highest BCUT2D eigenvalue weighted by Gasteiger charge is 2.16. The van der Waals surface area contributed by atoms with Crippen LogP contribution in [-0.2, 0) is 9.53 Å². The van der Waals surface area contributed by atoms with Crippen LogP contribution in [0.4, 0.5) is 11.4 Å². The Hall–Kier alpha value is -2.64. The van der Waals surface area contributed by atoms with Crippen LogP contribution in [0, 0.1) is 16.0 Å². The number of carbonyl (C=O) groups is 2. The summed E-state index contributed by atoms with van der Waals surface area (Å²) in [6.07, 6.45) is 0. The second kappa shape index (κ2) is 7.22. The van der Waals surface area contributed by atoms with Crippen LogP contribution in [0.1, 0.15) is 24.2 Å². The number of non-ortho nitro benzene ring substituents is 1. The molecule has 0 aliphatic carbocycles. The highest BCUT2D eigenvalue weighted by molar-refractivity contribution is 5.96. The molecule has 1 amide bonds. The number of hydrogen-bond donors (Lipinski definition) is 2. The first kappa shape index (κ1) is 16.4. The first-order valence-electron chi connectivity index (χ1n) is 6.29. The Morgan fingerprint density at radius 3 is 2.62 bits per heavy atom. The molecule has 0 spiro atoms. The van der Waals surface area contributed by atoms with Crippen LogP contribution >= 0.6 is 0 Å². The van der Waals surface area contributed by atoms with Gasteiger partial charge in [0.25, 0.3) is 11.6 Å². The summed E-state index contributed by atoms with van der Waals surface area (Å²) in [5.74, 6) is -0.936. The minimum atomic E-state index is -0.804. The molecule has 0 atom stereocenters. The van der Waals surface area contributed by atoms with Crippen molar-refractivity contribution in [2.75, 3.05) is 18.9 Å². The quantitative estimate of drug-likeness (QED) is 0.350. The van der Waals surface area contributed by atoms with E-state index in [1.54, 1.807) is 0 Å². The maximum Gasteiger partial charge on any atom is 0.340 e. The van der Waals surface area contributed by atoms with Crippen molar-refractivity contribution in [3.8, 4) is 0 Å². The van der Waals surface area contributed by atoms with E-state index in [1.165, 1.54) is 6.07 Å². The highest BCUT2D eigenvalue weighted by atomic mass is 16.6. The Labute approximate surface area is 121 Å². The average Bonchev–Trinajstić information content (AvgIpc) is 2.42. The molecule has 1 aromatic carbocycles. The number of nitrogens with one attached hydrogen (secondary N) is 1. The van der Waals surface area contributed by atoms with Gasteiger partial charge in [0.1, 0.15) is 0 Å². The number of ether oxygens (including phenoxy) is 1. The Bertz CT molecular complexity index is 557. The number of nitro groups is 1. The van der Waals surface area contributed by atoms with Crippen molar-refractivity contribution in [2.45, 2.75) is 13.8 Å². The second-order valence-electron chi connectivity index (χ2n) is 4.80. The lowest BCUT2D eigenvalue weighted by Crippen LogP contribution is -2.31. The molecule has 0 saturated heterocycles. The van der Waals surface area contributed by atoms with Crippen LogP contribution in [0.3, 0.4) is 0 Å². The van der Waals surface area contributed by atoms with Crippen molar-refractivity contribution in [1.82, 2.24) is 5.32 Å². The number of rotatable bonds is 6. The zero-order chi connectivity index (χ0) is 16.0. The van der Waals surface area contributed by atoms with E-state index < -0.39 is 23.4 Å². The number of nitrogen functional groups attached to an aromatic ring is 1. The molecule has 114 valence electrons. The van der Waals surface area contributed by atoms with Gasteiger partial charge in [0.2, 0.25) is 0 Å². The molecule has 3 N–H and O–H groups in total. The third kappa shape index (κ3) is 5.09. The Morgan fingerprint density at radius 2 is 2.10 bits per heavy atom. The van der Waals surface area contributed by atoms with Crippen LogP contribution in [0.25, 0.3) is 0 Å². The molecule has 21 heavy (non-hydrogen) atoms. The lowest BCUT2D eigenvalue weighted by atomic mass is 10.1. The van der Waals surface area contributed by atoms with Gasteiger partial charge in [-0.1, -0.05) is 13.8 Å². The normalized spacial score (nSPS) is 10.2. The molecule has 8 heteroatoms. The minimum absolute atomic E-state index is 0.0164. The molecule has 0 aromatic heterocycles. The van der Waals surface area contributed by atoms with E-state index in [1.807, 2.05) is 13.8 Å². The first-order valence-corrected chi connectivity index (χ1v) is 6.29. The summed E-state index contributed by atoms with van der Waals surface area (Å²) >= 11 is 0. The molecule has 0 fully saturated rings. The molecule has 0 unspecified atom stereocenters. The molecule has 1 aromatic rings. The summed E-state index contributed by atoms with van der Waals surface area (Å²) in [6, 6.07) is 3.41. The van der Waals surface area contributed by atoms with Crippen molar-refractivity contribution in [2.24, 2.45) is 5.92 Å². The van der Waals surface area contributed by atoms with Crippen molar-refractivity contribution in [3.63, 3.8) is 0 Å². The molecule has 1 rings (SSSR count). The van der Waals surface area contributed by atoms with Crippen LogP contribution in [0.5, 0.6) is 0 Å². The van der Waals surface area contributed by atoms with Crippen LogP contribution < -0.4 is 11.1 Å². The van der Waals surface area contributed by atoms with Gasteiger partial charge in [-0.3, -0.25) is 14.9 Å². The smallest absolute Gasteiger partial charge is 0.340 e. The largest absolute Gasteiger partial charge is 0.452 e. The summed E-state index contributed by atoms with van der Waals surface area (Å²) in [5.41, 5.74) is 5.25. The third-order valence-electron chi connectivity index (χ3n) is 2.51. The first-order chi connectivity index (χ1) is 9.81. The van der Waals surface area contributed by atoms with Gasteiger partial charge in [-0.2, -0.15) is 0 Å². The monoisotopic (exact) mass is 295 g/mol. The number of nitrogens with two attached hydrogens (primary N) is 1. The van der Waals surface area contributed by atoms with E-state index in [9.17, 15) is 19.7 Å². The number of nitrogens with zero attached hydrogens (tertiary/aromatic N) is 1. The van der Waals surface area contributed by atoms with Gasteiger partial charge in [0.05, 0.1) is 16.2 Å². The van der Waals surface area contributed by atoms with Gasteiger partial charge in [0.15, 0.2) is 6.61 Å². The Kier molecular flexibility index (Phi) is 5.65. The standard InChI is InChI=1S/C13H17N3O5/c1-8(2)6-15-12(17)7-21-13(18)10-4-3-9(16(19)20)5-11(10)14/h3-5,8H,6-7,14H2,1-2H3,(H,15,17). The van der Waals surface area contributed by atoms with Gasteiger partial charge >= 0.3 is 5.97 Å². The predicted molar refractivity (Wildman–Crippen MR) is 75.6 cm³/mol. The number of amides is 1. The maximum absolute atomic E-state index is 11.7. The predicted octanol–water partition coefficient (Wildman–Crippen LogP) is 1.11. The highest BCUT2D eigenvalue weighted by Crippen LogP contribution is 2.20. The van der Waals surface area contributed by atoms with Crippen LogP contribution in [-0.4, -0.2) is 30.0 Å². The maximum atomic E-state index is 11.7. The van der Waals surface area contributed by atoms with E-state index in [2.05, 4.69) is 5.32 Å². The molecule has 0 bridgehead atoms. The number of benzene rings is 1. The lowest BCUT2D eigenvalue weighted by Gasteiger charge is -2.09. The SMILES string of the molecule is CC(C)CNC(=O)COC(=O)c1ccc([N+](=O)[O-])cc1N. The van der Waals surface area contributed by atoms with E-state index in [0.717, 1.165) is 12.1 Å². The van der Waals surface area contributed by atoms with E-state index in [0.29, 0.717) is 6.54 Å². The van der Waals surface area contributed by atoms with E-state index >= 15 is 0 Å². The van der Waals surface area contributed by atoms with Crippen molar-refractivity contribution in [3.05, 3.63) is 33.9 Å². The number of anilines is 1. The van der Waals surface area contributed by atoms with Gasteiger partial charge in [-0.25, -0.2) is 4.79 Å². The fourth-order valence-electron chi connectivity index (χ4n) is 1.43. The van der Waals surface area contributed by atoms with Crippen molar-refractivity contribution >= 4 is 23.3 Å². The van der Waals surface area contributed by atoms with Gasteiger partial charge in [-0.05, 0) is 12.0 Å². The average molecular weight is 295 g/mol. The van der Waals surface area contributed by atoms with Gasteiger partial charge < -0.3 is 15.8 Å². The van der Waals surface area contributed by atoms with E-state index in [4.69, 9.17) is 10.5 Å². The molecular formula is C13H17N3O5. The zero-order valence-electron chi connectivity index (χ0n) is 11.8.